The molecule has 7 nitrogen and oxygen atoms in total. The van der Waals surface area contributed by atoms with Gasteiger partial charge in [0.2, 0.25) is 0 Å². The molecule has 0 unspecified atom stereocenters. The van der Waals surface area contributed by atoms with Crippen LogP contribution in [0.4, 0.5) is 5.82 Å². The van der Waals surface area contributed by atoms with Gasteiger partial charge in [0.25, 0.3) is 11.1 Å². The minimum absolute atomic E-state index is 0.160. The summed E-state index contributed by atoms with van der Waals surface area (Å²) in [7, 11) is 3.76. The average molecular weight is 487 g/mol. The number of halogens is 1. The quantitative estimate of drug-likeness (QED) is 0.398. The fourth-order valence-electron chi connectivity index (χ4n) is 2.74. The van der Waals surface area contributed by atoms with Crippen molar-refractivity contribution in [3.8, 4) is 16.7 Å². The van der Waals surface area contributed by atoms with Crippen LogP contribution < -0.4 is 19.7 Å². The van der Waals surface area contributed by atoms with Gasteiger partial charge < -0.3 is 19.7 Å². The lowest BCUT2D eigenvalue weighted by molar-refractivity contribution is 0.0947. The summed E-state index contributed by atoms with van der Waals surface area (Å²) in [5.74, 6) is 1.79. The first kappa shape index (κ1) is 24.5. The fourth-order valence-corrected chi connectivity index (χ4v) is 3.64. The Morgan fingerprint density at radius 1 is 1.27 bits per heavy atom. The molecule has 0 aliphatic carbocycles. The van der Waals surface area contributed by atoms with Crippen molar-refractivity contribution in [3.05, 3.63) is 64.3 Å². The van der Waals surface area contributed by atoms with E-state index in [2.05, 4.69) is 15.3 Å². The van der Waals surface area contributed by atoms with Crippen molar-refractivity contribution < 1.29 is 14.3 Å². The number of hydrogen-bond donors (Lipinski definition) is 1. The van der Waals surface area contributed by atoms with Gasteiger partial charge in [0.15, 0.2) is 0 Å². The summed E-state index contributed by atoms with van der Waals surface area (Å²) in [6.07, 6.45) is 8.06. The Kier molecular flexibility index (Phi) is 8.68. The second-order valence-corrected chi connectivity index (χ2v) is 8.92. The first-order valence-electron chi connectivity index (χ1n) is 10.5. The number of benzene rings is 1. The Hall–Kier alpha value is -3.10. The van der Waals surface area contributed by atoms with Gasteiger partial charge in [-0.25, -0.2) is 9.97 Å². The highest BCUT2D eigenvalue weighted by Crippen LogP contribution is 2.34. The monoisotopic (exact) mass is 486 g/mol. The molecule has 1 N–H and O–H groups in total. The van der Waals surface area contributed by atoms with Gasteiger partial charge in [-0.1, -0.05) is 35.9 Å². The third kappa shape index (κ3) is 7.20. The molecule has 2 aromatic heterocycles. The Balaban J connectivity index is 1.57. The molecule has 9 heteroatoms. The van der Waals surface area contributed by atoms with Gasteiger partial charge in [0, 0.05) is 44.2 Å². The van der Waals surface area contributed by atoms with E-state index in [1.165, 1.54) is 11.3 Å². The molecule has 0 saturated carbocycles. The van der Waals surface area contributed by atoms with Gasteiger partial charge in [-0.2, -0.15) is 0 Å². The lowest BCUT2D eigenvalue weighted by Gasteiger charge is -2.13. The number of nitrogens with zero attached hydrogens (tertiary/aromatic N) is 3. The van der Waals surface area contributed by atoms with E-state index in [0.29, 0.717) is 33.9 Å². The Bertz CT molecular complexity index is 1120. The third-order valence-electron chi connectivity index (χ3n) is 4.45. The number of pyridine rings is 1. The average Bonchev–Trinajstić information content (AvgIpc) is 3.25. The molecule has 0 bridgehead atoms. The maximum absolute atomic E-state index is 12.5. The molecule has 0 saturated heterocycles. The van der Waals surface area contributed by atoms with Crippen LogP contribution >= 0.6 is 22.9 Å². The molecule has 1 amide bonds. The van der Waals surface area contributed by atoms with Crippen LogP contribution in [0.25, 0.3) is 6.08 Å². The van der Waals surface area contributed by atoms with Crippen molar-refractivity contribution in [1.29, 1.82) is 0 Å². The van der Waals surface area contributed by atoms with E-state index in [9.17, 15) is 4.79 Å². The molecule has 0 spiro atoms. The number of rotatable bonds is 10. The lowest BCUT2D eigenvalue weighted by atomic mass is 10.2. The molecule has 1 atom stereocenters. The second-order valence-electron chi connectivity index (χ2n) is 7.49. The van der Waals surface area contributed by atoms with Crippen LogP contribution in [0, 0.1) is 0 Å². The fraction of sp³-hybridized carbons (Fsp3) is 0.292. The molecule has 2 heterocycles. The number of amides is 1. The standard InChI is InChI=1S/C24H27ClN4O3S/c1-5-12-31-18-7-9-21(20(25)14-18)32-24-27-15-19(33-24)8-6-16(2)28-23(30)17-10-11-26-22(13-17)29(3)4/h6-11,13-16H,5,12H2,1-4H3,(H,28,30)/t16-/m0/s1. The topological polar surface area (TPSA) is 76.6 Å². The minimum Gasteiger partial charge on any atom is -0.494 e. The van der Waals surface area contributed by atoms with E-state index in [1.54, 1.807) is 36.7 Å². The highest BCUT2D eigenvalue weighted by molar-refractivity contribution is 7.14. The number of ether oxygens (including phenoxy) is 2. The third-order valence-corrected chi connectivity index (χ3v) is 5.59. The number of anilines is 1. The van der Waals surface area contributed by atoms with E-state index >= 15 is 0 Å². The SMILES string of the molecule is CCCOc1ccc(Oc2ncc(C=C[C@H](C)NC(=O)c3ccnc(N(C)C)c3)s2)c(Cl)c1. The maximum atomic E-state index is 12.5. The van der Waals surface area contributed by atoms with Crippen LogP contribution in [0.3, 0.4) is 0 Å². The summed E-state index contributed by atoms with van der Waals surface area (Å²) in [6.45, 7) is 4.59. The van der Waals surface area contributed by atoms with E-state index in [0.717, 1.165) is 17.1 Å². The van der Waals surface area contributed by atoms with Gasteiger partial charge in [-0.15, -0.1) is 0 Å². The zero-order chi connectivity index (χ0) is 23.8. The number of nitrogens with one attached hydrogen (secondary N) is 1. The van der Waals surface area contributed by atoms with Crippen molar-refractivity contribution in [2.45, 2.75) is 26.3 Å². The minimum atomic E-state index is -0.176. The molecule has 0 fully saturated rings. The predicted octanol–water partition coefficient (Wildman–Crippen LogP) is 5.67. The van der Waals surface area contributed by atoms with Crippen molar-refractivity contribution in [1.82, 2.24) is 15.3 Å². The first-order valence-corrected chi connectivity index (χ1v) is 11.7. The lowest BCUT2D eigenvalue weighted by Crippen LogP contribution is -2.31. The van der Waals surface area contributed by atoms with Gasteiger partial charge in [-0.05, 0) is 43.7 Å². The summed E-state index contributed by atoms with van der Waals surface area (Å²) < 4.78 is 11.4. The largest absolute Gasteiger partial charge is 0.494 e. The highest BCUT2D eigenvalue weighted by atomic mass is 35.5. The smallest absolute Gasteiger partial charge is 0.279 e. The van der Waals surface area contributed by atoms with Crippen molar-refractivity contribution in [3.63, 3.8) is 0 Å². The number of thiazole rings is 1. The Morgan fingerprint density at radius 2 is 2.09 bits per heavy atom. The summed E-state index contributed by atoms with van der Waals surface area (Å²) in [4.78, 5) is 23.8. The maximum Gasteiger partial charge on any atom is 0.279 e. The molecule has 3 aromatic rings. The van der Waals surface area contributed by atoms with E-state index in [1.807, 2.05) is 51.1 Å². The zero-order valence-corrected chi connectivity index (χ0v) is 20.6. The normalized spacial score (nSPS) is 11.9. The molecule has 33 heavy (non-hydrogen) atoms. The summed E-state index contributed by atoms with van der Waals surface area (Å²) in [5, 5.41) is 3.89. The van der Waals surface area contributed by atoms with Gasteiger partial charge in [0.1, 0.15) is 17.3 Å². The number of carbonyl (C=O) groups excluding carboxylic acids is 1. The molecular formula is C24H27ClN4O3S. The van der Waals surface area contributed by atoms with E-state index < -0.39 is 0 Å². The van der Waals surface area contributed by atoms with Crippen LogP contribution in [0.1, 0.15) is 35.5 Å². The molecular weight excluding hydrogens is 460 g/mol. The highest BCUT2D eigenvalue weighted by Gasteiger charge is 2.11. The van der Waals surface area contributed by atoms with Crippen LogP contribution in [0.5, 0.6) is 16.7 Å². The summed E-state index contributed by atoms with van der Waals surface area (Å²) in [5.41, 5.74) is 0.561. The Morgan fingerprint density at radius 3 is 2.82 bits per heavy atom. The van der Waals surface area contributed by atoms with Crippen molar-refractivity contribution in [2.24, 2.45) is 0 Å². The summed E-state index contributed by atoms with van der Waals surface area (Å²) in [6, 6.07) is 8.59. The number of aromatic nitrogens is 2. The summed E-state index contributed by atoms with van der Waals surface area (Å²) >= 11 is 7.69. The first-order chi connectivity index (χ1) is 15.9. The van der Waals surface area contributed by atoms with Gasteiger partial charge in [0.05, 0.1) is 16.5 Å². The van der Waals surface area contributed by atoms with Crippen LogP contribution in [-0.2, 0) is 0 Å². The van der Waals surface area contributed by atoms with Crippen LogP contribution in [0.2, 0.25) is 5.02 Å². The molecule has 1 aromatic carbocycles. The van der Waals surface area contributed by atoms with E-state index in [-0.39, 0.29) is 11.9 Å². The van der Waals surface area contributed by atoms with Crippen LogP contribution in [0.15, 0.2) is 48.8 Å². The molecule has 0 aliphatic heterocycles. The molecule has 0 aliphatic rings. The van der Waals surface area contributed by atoms with Gasteiger partial charge in [-0.3, -0.25) is 4.79 Å². The zero-order valence-electron chi connectivity index (χ0n) is 19.0. The van der Waals surface area contributed by atoms with E-state index in [4.69, 9.17) is 21.1 Å². The molecule has 3 rings (SSSR count). The second kappa shape index (κ2) is 11.7. The van der Waals surface area contributed by atoms with Crippen molar-refractivity contribution >= 4 is 40.7 Å². The molecule has 0 radical (unpaired) electrons. The van der Waals surface area contributed by atoms with Crippen LogP contribution in [-0.4, -0.2) is 42.6 Å². The van der Waals surface area contributed by atoms with Crippen molar-refractivity contribution in [2.75, 3.05) is 25.6 Å². The number of hydrogen-bond acceptors (Lipinski definition) is 7. The molecule has 174 valence electrons. The Labute approximate surface area is 203 Å². The predicted molar refractivity (Wildman–Crippen MR) is 134 cm³/mol. The number of carbonyl (C=O) groups is 1. The van der Waals surface area contributed by atoms with Gasteiger partial charge >= 0.3 is 0 Å².